The average Bonchev–Trinajstić information content (AvgIpc) is 2.53. The van der Waals surface area contributed by atoms with Crippen molar-refractivity contribution in [1.82, 2.24) is 19.6 Å². The van der Waals surface area contributed by atoms with Gasteiger partial charge in [-0.3, -0.25) is 14.6 Å². The molecule has 0 atom stereocenters. The fourth-order valence-corrected chi connectivity index (χ4v) is 3.50. The predicted octanol–water partition coefficient (Wildman–Crippen LogP) is 1.15. The second kappa shape index (κ2) is 6.92. The monoisotopic (exact) mass is 304 g/mol. The van der Waals surface area contributed by atoms with Crippen LogP contribution in [0.5, 0.6) is 0 Å². The van der Waals surface area contributed by atoms with Gasteiger partial charge in [0.15, 0.2) is 0 Å². The summed E-state index contributed by atoms with van der Waals surface area (Å²) in [6.07, 6.45) is 4.45. The Labute approximate surface area is 132 Å². The van der Waals surface area contributed by atoms with Crippen molar-refractivity contribution >= 4 is 0 Å². The summed E-state index contributed by atoms with van der Waals surface area (Å²) in [6, 6.07) is 2.45. The van der Waals surface area contributed by atoms with Gasteiger partial charge in [0.1, 0.15) is 0 Å². The molecule has 0 saturated carbocycles. The van der Waals surface area contributed by atoms with Crippen molar-refractivity contribution in [2.24, 2.45) is 0 Å². The van der Waals surface area contributed by atoms with Gasteiger partial charge in [0, 0.05) is 44.8 Å². The third-order valence-electron chi connectivity index (χ3n) is 5.04. The van der Waals surface area contributed by atoms with Crippen LogP contribution < -0.4 is 5.56 Å². The number of fused-ring (bicyclic) bond motifs is 1. The van der Waals surface area contributed by atoms with E-state index in [-0.39, 0.29) is 5.56 Å². The summed E-state index contributed by atoms with van der Waals surface area (Å²) in [6.45, 7) is 10.6. The molecule has 0 aromatic carbocycles. The van der Waals surface area contributed by atoms with Crippen molar-refractivity contribution in [2.45, 2.75) is 52.1 Å². The van der Waals surface area contributed by atoms with Crippen LogP contribution in [-0.4, -0.2) is 58.3 Å². The average molecular weight is 304 g/mol. The normalized spacial score (nSPS) is 20.3. The van der Waals surface area contributed by atoms with Gasteiger partial charge in [-0.15, -0.1) is 0 Å². The Morgan fingerprint density at radius 2 is 1.82 bits per heavy atom. The number of aryl methyl sites for hydroxylation is 2. The van der Waals surface area contributed by atoms with Gasteiger partial charge < -0.3 is 0 Å². The summed E-state index contributed by atoms with van der Waals surface area (Å²) in [5.74, 6) is 0. The van der Waals surface area contributed by atoms with Crippen molar-refractivity contribution in [3.8, 4) is 0 Å². The minimum absolute atomic E-state index is 0.0708. The van der Waals surface area contributed by atoms with Crippen molar-refractivity contribution in [3.63, 3.8) is 0 Å². The fourth-order valence-electron chi connectivity index (χ4n) is 3.50. The van der Waals surface area contributed by atoms with E-state index in [1.807, 2.05) is 6.07 Å². The Balaban J connectivity index is 1.57. The highest BCUT2D eigenvalue weighted by atomic mass is 16.1. The minimum atomic E-state index is 0.0708. The van der Waals surface area contributed by atoms with Gasteiger partial charge in [-0.1, -0.05) is 0 Å². The maximum atomic E-state index is 12.2. The molecule has 0 N–H and O–H groups in total. The zero-order valence-electron chi connectivity index (χ0n) is 13.9. The molecular weight excluding hydrogens is 276 g/mol. The molecule has 0 amide bonds. The molecule has 0 unspecified atom stereocenters. The molecule has 1 aliphatic heterocycles. The molecule has 0 bridgehead atoms. The van der Waals surface area contributed by atoms with Gasteiger partial charge in [-0.25, -0.2) is 4.68 Å². The summed E-state index contributed by atoms with van der Waals surface area (Å²) in [4.78, 5) is 17.1. The largest absolute Gasteiger partial charge is 0.299 e. The van der Waals surface area contributed by atoms with Crippen molar-refractivity contribution in [3.05, 3.63) is 27.7 Å². The SMILES string of the molecule is CC(C)N1CCN(CCn2nc3c(cc2=O)CCCC3)CC1. The number of hydrogen-bond acceptors (Lipinski definition) is 4. The first-order valence-electron chi connectivity index (χ1n) is 8.70. The van der Waals surface area contributed by atoms with Gasteiger partial charge in [-0.05, 0) is 45.1 Å². The van der Waals surface area contributed by atoms with Crippen LogP contribution >= 0.6 is 0 Å². The molecule has 2 aliphatic rings. The van der Waals surface area contributed by atoms with Crippen molar-refractivity contribution in [1.29, 1.82) is 0 Å². The highest BCUT2D eigenvalue weighted by Crippen LogP contribution is 2.16. The molecule has 2 heterocycles. The zero-order chi connectivity index (χ0) is 15.5. The number of nitrogens with zero attached hydrogens (tertiary/aromatic N) is 4. The molecule has 5 heteroatoms. The highest BCUT2D eigenvalue weighted by molar-refractivity contribution is 5.20. The second-order valence-corrected chi connectivity index (χ2v) is 6.86. The van der Waals surface area contributed by atoms with E-state index in [0.717, 1.165) is 51.3 Å². The van der Waals surface area contributed by atoms with Gasteiger partial charge in [0.25, 0.3) is 5.56 Å². The van der Waals surface area contributed by atoms with E-state index in [9.17, 15) is 4.79 Å². The Morgan fingerprint density at radius 1 is 1.09 bits per heavy atom. The molecule has 5 nitrogen and oxygen atoms in total. The van der Waals surface area contributed by atoms with Crippen molar-refractivity contribution in [2.75, 3.05) is 32.7 Å². The molecule has 0 spiro atoms. The first kappa shape index (κ1) is 15.7. The molecule has 1 aliphatic carbocycles. The fraction of sp³-hybridized carbons (Fsp3) is 0.765. The van der Waals surface area contributed by atoms with Crippen LogP contribution in [0.4, 0.5) is 0 Å². The number of hydrogen-bond donors (Lipinski definition) is 0. The maximum Gasteiger partial charge on any atom is 0.267 e. The molecule has 0 radical (unpaired) electrons. The number of aromatic nitrogens is 2. The van der Waals surface area contributed by atoms with E-state index in [4.69, 9.17) is 0 Å². The van der Waals surface area contributed by atoms with E-state index in [1.165, 1.54) is 18.4 Å². The summed E-state index contributed by atoms with van der Waals surface area (Å²) in [5.41, 5.74) is 2.40. The van der Waals surface area contributed by atoms with Crippen LogP contribution in [0.25, 0.3) is 0 Å². The lowest BCUT2D eigenvalue weighted by molar-refractivity contribution is 0.105. The molecule has 1 aromatic rings. The smallest absolute Gasteiger partial charge is 0.267 e. The summed E-state index contributed by atoms with van der Waals surface area (Å²) >= 11 is 0. The highest BCUT2D eigenvalue weighted by Gasteiger charge is 2.19. The van der Waals surface area contributed by atoms with Crippen LogP contribution in [0.2, 0.25) is 0 Å². The van der Waals surface area contributed by atoms with Crippen LogP contribution in [0, 0.1) is 0 Å². The molecule has 1 aromatic heterocycles. The van der Waals surface area contributed by atoms with Crippen LogP contribution in [-0.2, 0) is 19.4 Å². The second-order valence-electron chi connectivity index (χ2n) is 6.86. The molecule has 3 rings (SSSR count). The quantitative estimate of drug-likeness (QED) is 0.837. The van der Waals surface area contributed by atoms with Crippen LogP contribution in [0.3, 0.4) is 0 Å². The minimum Gasteiger partial charge on any atom is -0.299 e. The molecule has 122 valence electrons. The lowest BCUT2D eigenvalue weighted by Crippen LogP contribution is -2.49. The Kier molecular flexibility index (Phi) is 4.93. The van der Waals surface area contributed by atoms with Crippen LogP contribution in [0.1, 0.15) is 37.9 Å². The molecule has 22 heavy (non-hydrogen) atoms. The molecule has 1 fully saturated rings. The maximum absolute atomic E-state index is 12.2. The van der Waals surface area contributed by atoms with Crippen molar-refractivity contribution < 1.29 is 0 Å². The van der Waals surface area contributed by atoms with E-state index < -0.39 is 0 Å². The number of rotatable bonds is 4. The van der Waals surface area contributed by atoms with E-state index in [0.29, 0.717) is 12.6 Å². The first-order chi connectivity index (χ1) is 10.6. The molecular formula is C17H28N4O. The van der Waals surface area contributed by atoms with E-state index in [2.05, 4.69) is 28.7 Å². The van der Waals surface area contributed by atoms with E-state index >= 15 is 0 Å². The lowest BCUT2D eigenvalue weighted by Gasteiger charge is -2.36. The Bertz CT molecular complexity index is 558. The topological polar surface area (TPSA) is 41.4 Å². The van der Waals surface area contributed by atoms with Gasteiger partial charge >= 0.3 is 0 Å². The first-order valence-corrected chi connectivity index (χ1v) is 8.70. The van der Waals surface area contributed by atoms with Crippen LogP contribution in [0.15, 0.2) is 10.9 Å². The third kappa shape index (κ3) is 3.58. The van der Waals surface area contributed by atoms with Gasteiger partial charge in [-0.2, -0.15) is 5.10 Å². The number of piperazine rings is 1. The van der Waals surface area contributed by atoms with E-state index in [1.54, 1.807) is 4.68 Å². The lowest BCUT2D eigenvalue weighted by atomic mass is 9.97. The molecule has 1 saturated heterocycles. The predicted molar refractivity (Wildman–Crippen MR) is 88.3 cm³/mol. The van der Waals surface area contributed by atoms with Gasteiger partial charge in [0.05, 0.1) is 12.2 Å². The zero-order valence-corrected chi connectivity index (χ0v) is 13.9. The summed E-state index contributed by atoms with van der Waals surface area (Å²) < 4.78 is 1.68. The summed E-state index contributed by atoms with van der Waals surface area (Å²) in [5, 5.41) is 4.61. The third-order valence-corrected chi connectivity index (χ3v) is 5.04. The van der Waals surface area contributed by atoms with Gasteiger partial charge in [0.2, 0.25) is 0 Å². The summed E-state index contributed by atoms with van der Waals surface area (Å²) in [7, 11) is 0. The Morgan fingerprint density at radius 3 is 2.55 bits per heavy atom. The standard InChI is InChI=1S/C17H28N4O/c1-14(2)20-10-7-19(8-11-20)9-12-21-17(22)13-15-5-3-4-6-16(15)18-21/h13-14H,3-12H2,1-2H3. The Hall–Kier alpha value is -1.20.